The molecule has 10 heteroatoms. The Labute approximate surface area is 201 Å². The predicted octanol–water partition coefficient (Wildman–Crippen LogP) is 4.17. The number of hydrogen-bond acceptors (Lipinski definition) is 7. The second kappa shape index (κ2) is 8.73. The molecule has 1 atom stereocenters. The number of rotatable bonds is 6. The number of hydrogen-bond donors (Lipinski definition) is 1. The van der Waals surface area contributed by atoms with Crippen LogP contribution in [0.3, 0.4) is 0 Å². The SMILES string of the molecule is C[C@H](NC(=O)c1cc(Cl)cc(S(=O)(=O)C2CC2)c1)c1nc2ccccc2nc1-c1cnccn1. The van der Waals surface area contributed by atoms with E-state index in [1.165, 1.54) is 18.2 Å². The van der Waals surface area contributed by atoms with Gasteiger partial charge in [-0.05, 0) is 50.1 Å². The van der Waals surface area contributed by atoms with Crippen molar-refractivity contribution in [1.29, 1.82) is 0 Å². The molecule has 34 heavy (non-hydrogen) atoms. The van der Waals surface area contributed by atoms with E-state index in [0.717, 1.165) is 0 Å². The summed E-state index contributed by atoms with van der Waals surface area (Å²) in [6, 6.07) is 11.1. The number of sulfone groups is 1. The number of benzene rings is 2. The van der Waals surface area contributed by atoms with Crippen LogP contribution in [0, 0.1) is 0 Å². The lowest BCUT2D eigenvalue weighted by atomic mass is 10.1. The molecule has 1 amide bonds. The molecule has 1 saturated carbocycles. The van der Waals surface area contributed by atoms with E-state index in [1.807, 2.05) is 24.3 Å². The average molecular weight is 494 g/mol. The number of fused-ring (bicyclic) bond motifs is 1. The highest BCUT2D eigenvalue weighted by Crippen LogP contribution is 2.35. The predicted molar refractivity (Wildman–Crippen MR) is 128 cm³/mol. The second-order valence-corrected chi connectivity index (χ2v) is 10.8. The van der Waals surface area contributed by atoms with Crippen LogP contribution in [-0.2, 0) is 9.84 Å². The van der Waals surface area contributed by atoms with Gasteiger partial charge in [-0.3, -0.25) is 14.8 Å². The van der Waals surface area contributed by atoms with Crippen LogP contribution in [-0.4, -0.2) is 39.5 Å². The molecule has 8 nitrogen and oxygen atoms in total. The Morgan fingerprint density at radius 3 is 2.50 bits per heavy atom. The van der Waals surface area contributed by atoms with Gasteiger partial charge in [-0.2, -0.15) is 0 Å². The summed E-state index contributed by atoms with van der Waals surface area (Å²) in [5.41, 5.74) is 3.07. The molecule has 0 saturated heterocycles. The first-order valence-corrected chi connectivity index (χ1v) is 12.6. The van der Waals surface area contributed by atoms with Crippen LogP contribution in [0.5, 0.6) is 0 Å². The fraction of sp³-hybridized carbons (Fsp3) is 0.208. The molecular formula is C24H20ClN5O3S. The summed E-state index contributed by atoms with van der Waals surface area (Å²) in [5, 5.41) is 2.68. The van der Waals surface area contributed by atoms with Gasteiger partial charge in [-0.25, -0.2) is 18.4 Å². The first-order chi connectivity index (χ1) is 16.3. The Kier molecular flexibility index (Phi) is 5.75. The molecule has 0 bridgehead atoms. The van der Waals surface area contributed by atoms with Crippen LogP contribution in [0.4, 0.5) is 0 Å². The molecule has 0 aliphatic heterocycles. The average Bonchev–Trinajstić information content (AvgIpc) is 3.69. The second-order valence-electron chi connectivity index (χ2n) is 8.15. The van der Waals surface area contributed by atoms with E-state index in [2.05, 4.69) is 15.3 Å². The van der Waals surface area contributed by atoms with Gasteiger partial charge in [0.15, 0.2) is 9.84 Å². The van der Waals surface area contributed by atoms with E-state index >= 15 is 0 Å². The van der Waals surface area contributed by atoms with Crippen molar-refractivity contribution in [2.75, 3.05) is 0 Å². The van der Waals surface area contributed by atoms with Gasteiger partial charge < -0.3 is 5.32 Å². The van der Waals surface area contributed by atoms with Gasteiger partial charge in [0.2, 0.25) is 0 Å². The van der Waals surface area contributed by atoms with E-state index < -0.39 is 27.0 Å². The molecule has 2 aromatic heterocycles. The monoisotopic (exact) mass is 493 g/mol. The number of halogens is 1. The molecule has 0 spiro atoms. The summed E-state index contributed by atoms with van der Waals surface area (Å²) in [6.45, 7) is 1.78. The topological polar surface area (TPSA) is 115 Å². The summed E-state index contributed by atoms with van der Waals surface area (Å²) < 4.78 is 25.3. The Morgan fingerprint density at radius 2 is 1.82 bits per heavy atom. The van der Waals surface area contributed by atoms with Crippen molar-refractivity contribution >= 4 is 38.4 Å². The minimum Gasteiger partial charge on any atom is -0.344 e. The van der Waals surface area contributed by atoms with Crippen molar-refractivity contribution in [1.82, 2.24) is 25.3 Å². The van der Waals surface area contributed by atoms with Gasteiger partial charge in [0, 0.05) is 23.0 Å². The van der Waals surface area contributed by atoms with Crippen molar-refractivity contribution < 1.29 is 13.2 Å². The summed E-state index contributed by atoms with van der Waals surface area (Å²) in [5.74, 6) is -0.470. The zero-order valence-corrected chi connectivity index (χ0v) is 19.7. The standard InChI is InChI=1S/C24H20ClN5O3S/c1-14(28-24(31)15-10-16(25)12-18(11-15)34(32,33)17-6-7-17)22-23(21-13-26-8-9-27-21)30-20-5-3-2-4-19(20)29-22/h2-5,8-14,17H,6-7H2,1H3,(H,28,31)/t14-/m0/s1. The molecule has 2 heterocycles. The van der Waals surface area contributed by atoms with Gasteiger partial charge in [-0.15, -0.1) is 0 Å². The van der Waals surface area contributed by atoms with Gasteiger partial charge in [0.1, 0.15) is 11.4 Å². The number of aromatic nitrogens is 4. The lowest BCUT2D eigenvalue weighted by Gasteiger charge is -2.17. The van der Waals surface area contributed by atoms with Gasteiger partial charge in [-0.1, -0.05) is 23.7 Å². The molecule has 2 aromatic carbocycles. The van der Waals surface area contributed by atoms with Gasteiger partial charge >= 0.3 is 0 Å². The largest absolute Gasteiger partial charge is 0.344 e. The van der Waals surface area contributed by atoms with Crippen LogP contribution in [0.15, 0.2) is 66.0 Å². The summed E-state index contributed by atoms with van der Waals surface area (Å²) in [6.07, 6.45) is 5.96. The molecule has 1 aliphatic rings. The van der Waals surface area contributed by atoms with E-state index in [4.69, 9.17) is 21.6 Å². The molecule has 172 valence electrons. The first kappa shape index (κ1) is 22.4. The Hall–Kier alpha value is -3.43. The van der Waals surface area contributed by atoms with Crippen molar-refractivity contribution in [3.63, 3.8) is 0 Å². The fourth-order valence-electron chi connectivity index (χ4n) is 3.70. The third-order valence-electron chi connectivity index (χ3n) is 5.59. The zero-order valence-electron chi connectivity index (χ0n) is 18.1. The molecule has 4 aromatic rings. The number of nitrogens with one attached hydrogen (secondary N) is 1. The summed E-state index contributed by atoms with van der Waals surface area (Å²) in [7, 11) is -3.49. The summed E-state index contributed by atoms with van der Waals surface area (Å²) in [4.78, 5) is 31.1. The number of nitrogens with zero attached hydrogens (tertiary/aromatic N) is 4. The van der Waals surface area contributed by atoms with E-state index in [1.54, 1.807) is 25.5 Å². The van der Waals surface area contributed by atoms with Crippen LogP contribution in [0.1, 0.15) is 41.9 Å². The Balaban J connectivity index is 1.50. The van der Waals surface area contributed by atoms with Crippen LogP contribution in [0.25, 0.3) is 22.4 Å². The third kappa shape index (κ3) is 4.36. The molecule has 0 unspecified atom stereocenters. The van der Waals surface area contributed by atoms with Crippen molar-refractivity contribution in [2.45, 2.75) is 36.0 Å². The van der Waals surface area contributed by atoms with Gasteiger partial charge in [0.25, 0.3) is 5.91 Å². The lowest BCUT2D eigenvalue weighted by molar-refractivity contribution is 0.0939. The molecule has 1 fully saturated rings. The number of carbonyl (C=O) groups excluding carboxylic acids is 1. The lowest BCUT2D eigenvalue weighted by Crippen LogP contribution is -2.28. The highest BCUT2D eigenvalue weighted by atomic mass is 35.5. The zero-order chi connectivity index (χ0) is 23.9. The molecule has 5 rings (SSSR count). The fourth-order valence-corrected chi connectivity index (χ4v) is 5.73. The third-order valence-corrected chi connectivity index (χ3v) is 8.05. The maximum atomic E-state index is 13.1. The summed E-state index contributed by atoms with van der Waals surface area (Å²) >= 11 is 6.17. The number of amides is 1. The highest BCUT2D eigenvalue weighted by Gasteiger charge is 2.37. The smallest absolute Gasteiger partial charge is 0.251 e. The molecule has 0 radical (unpaired) electrons. The highest BCUT2D eigenvalue weighted by molar-refractivity contribution is 7.92. The van der Waals surface area contributed by atoms with Gasteiger partial charge in [0.05, 0.1) is 39.1 Å². The molecule has 1 N–H and O–H groups in total. The van der Waals surface area contributed by atoms with Crippen molar-refractivity contribution in [2.24, 2.45) is 0 Å². The molecule has 1 aliphatic carbocycles. The van der Waals surface area contributed by atoms with Crippen LogP contribution >= 0.6 is 11.6 Å². The maximum absolute atomic E-state index is 13.1. The normalized spacial score (nSPS) is 14.6. The minimum absolute atomic E-state index is 0.0612. The quantitative estimate of drug-likeness (QED) is 0.428. The molecular weight excluding hydrogens is 474 g/mol. The number of para-hydroxylation sites is 2. The van der Waals surface area contributed by atoms with Crippen molar-refractivity contribution in [3.8, 4) is 11.4 Å². The van der Waals surface area contributed by atoms with E-state index in [0.29, 0.717) is 41.0 Å². The maximum Gasteiger partial charge on any atom is 0.251 e. The van der Waals surface area contributed by atoms with Crippen LogP contribution in [0.2, 0.25) is 5.02 Å². The van der Waals surface area contributed by atoms with E-state index in [-0.39, 0.29) is 15.5 Å². The van der Waals surface area contributed by atoms with E-state index in [9.17, 15) is 13.2 Å². The Morgan fingerprint density at radius 1 is 1.09 bits per heavy atom. The van der Waals surface area contributed by atoms with Crippen LogP contribution < -0.4 is 5.32 Å². The first-order valence-electron chi connectivity index (χ1n) is 10.7. The number of carbonyl (C=O) groups is 1. The van der Waals surface area contributed by atoms with Crippen molar-refractivity contribution in [3.05, 3.63) is 77.3 Å². The minimum atomic E-state index is -3.49. The Bertz CT molecular complexity index is 1510.